The first-order chi connectivity index (χ1) is 14.2. The third kappa shape index (κ3) is 5.27. The molecule has 4 rings (SSSR count). The molecule has 1 fully saturated rings. The van der Waals surface area contributed by atoms with E-state index in [0.717, 1.165) is 43.1 Å². The van der Waals surface area contributed by atoms with E-state index in [1.54, 1.807) is 0 Å². The number of halogens is 1. The number of para-hydroxylation sites is 1. The van der Waals surface area contributed by atoms with E-state index in [0.29, 0.717) is 6.54 Å². The Labute approximate surface area is 183 Å². The number of rotatable bonds is 6. The summed E-state index contributed by atoms with van der Waals surface area (Å²) in [5.41, 5.74) is 3.23. The van der Waals surface area contributed by atoms with Gasteiger partial charge in [0, 0.05) is 44.8 Å². The first-order valence-electron chi connectivity index (χ1n) is 10.0. The van der Waals surface area contributed by atoms with Crippen molar-refractivity contribution >= 4 is 24.0 Å². The van der Waals surface area contributed by atoms with Crippen LogP contribution in [0, 0.1) is 0 Å². The topological polar surface area (TPSA) is 62.2 Å². The van der Waals surface area contributed by atoms with Crippen LogP contribution in [-0.4, -0.2) is 46.5 Å². The van der Waals surface area contributed by atoms with Crippen LogP contribution in [0.4, 0.5) is 5.69 Å². The van der Waals surface area contributed by atoms with Gasteiger partial charge in [-0.3, -0.25) is 9.69 Å². The van der Waals surface area contributed by atoms with E-state index in [4.69, 9.17) is 0 Å². The van der Waals surface area contributed by atoms with E-state index in [1.165, 1.54) is 5.56 Å². The molecule has 2 heterocycles. The number of carbonyl (C=O) groups is 1. The number of piperazine rings is 1. The fourth-order valence-electron chi connectivity index (χ4n) is 3.87. The normalized spacial score (nSPS) is 16.6. The largest absolute Gasteiger partial charge is 0.337 e. The van der Waals surface area contributed by atoms with E-state index < -0.39 is 0 Å². The molecule has 0 saturated carbocycles. The molecule has 1 aliphatic rings. The summed E-state index contributed by atoms with van der Waals surface area (Å²) in [5, 5.41) is 6.54. The van der Waals surface area contributed by atoms with Crippen molar-refractivity contribution in [2.75, 3.05) is 31.5 Å². The van der Waals surface area contributed by atoms with Gasteiger partial charge in [0.1, 0.15) is 5.82 Å². The molecule has 2 aromatic carbocycles. The van der Waals surface area contributed by atoms with Gasteiger partial charge in [0.25, 0.3) is 0 Å². The van der Waals surface area contributed by atoms with Gasteiger partial charge in [0.2, 0.25) is 5.91 Å². The number of hydrogen-bond acceptors (Lipinski definition) is 4. The lowest BCUT2D eigenvalue weighted by atomic mass is 10.0. The third-order valence-corrected chi connectivity index (χ3v) is 5.39. The summed E-state index contributed by atoms with van der Waals surface area (Å²) in [6.45, 7) is 2.83. The number of aryl methyl sites for hydroxylation is 1. The molecule has 1 aromatic heterocycles. The number of nitrogens with one attached hydrogen (secondary N) is 2. The second-order valence-corrected chi connectivity index (χ2v) is 7.45. The van der Waals surface area contributed by atoms with Crippen LogP contribution in [0.5, 0.6) is 0 Å². The fraction of sp³-hybridized carbons (Fsp3) is 0.304. The summed E-state index contributed by atoms with van der Waals surface area (Å²) in [5.74, 6) is 0.987. The Bertz CT molecular complexity index is 959. The van der Waals surface area contributed by atoms with Gasteiger partial charge in [-0.05, 0) is 23.6 Å². The summed E-state index contributed by atoms with van der Waals surface area (Å²) in [6, 6.07) is 18.4. The lowest BCUT2D eigenvalue weighted by molar-refractivity contribution is -0.118. The van der Waals surface area contributed by atoms with E-state index in [9.17, 15) is 4.79 Å². The zero-order valence-corrected chi connectivity index (χ0v) is 17.9. The predicted molar refractivity (Wildman–Crippen MR) is 122 cm³/mol. The van der Waals surface area contributed by atoms with Gasteiger partial charge in [0.15, 0.2) is 0 Å². The number of amides is 1. The third-order valence-electron chi connectivity index (χ3n) is 5.39. The second kappa shape index (κ2) is 10.4. The van der Waals surface area contributed by atoms with Crippen molar-refractivity contribution in [1.29, 1.82) is 0 Å². The van der Waals surface area contributed by atoms with Crippen molar-refractivity contribution in [1.82, 2.24) is 19.8 Å². The number of anilines is 1. The van der Waals surface area contributed by atoms with Gasteiger partial charge >= 0.3 is 0 Å². The van der Waals surface area contributed by atoms with Crippen LogP contribution >= 0.6 is 12.4 Å². The Hall–Kier alpha value is -2.67. The molecular formula is C23H28ClN5O. The van der Waals surface area contributed by atoms with Gasteiger partial charge in [-0.15, -0.1) is 12.4 Å². The summed E-state index contributed by atoms with van der Waals surface area (Å²) >= 11 is 0. The molecule has 1 amide bonds. The number of nitrogens with zero attached hydrogens (tertiary/aromatic N) is 3. The highest BCUT2D eigenvalue weighted by Gasteiger charge is 2.28. The highest BCUT2D eigenvalue weighted by atomic mass is 35.5. The molecule has 158 valence electrons. The summed E-state index contributed by atoms with van der Waals surface area (Å²) in [4.78, 5) is 19.6. The standard InChI is InChI=1S/C23H27N5O.ClH/c1-27-13-12-25-23(27)21-16-24-11-14-28(21)17-22(29)26-20-10-6-5-9-19(20)15-18-7-3-2-4-8-18;/h2-10,12-13,21,24H,11,14-17H2,1H3,(H,26,29);1H. The maximum Gasteiger partial charge on any atom is 0.238 e. The summed E-state index contributed by atoms with van der Waals surface area (Å²) < 4.78 is 2.03. The molecule has 0 spiro atoms. The predicted octanol–water partition coefficient (Wildman–Crippen LogP) is 3.02. The number of imidazole rings is 1. The second-order valence-electron chi connectivity index (χ2n) is 7.45. The average molecular weight is 426 g/mol. The molecule has 1 atom stereocenters. The SMILES string of the molecule is Cl.Cn1ccnc1C1CNCCN1CC(=O)Nc1ccccc1Cc1ccccc1. The van der Waals surface area contributed by atoms with Crippen molar-refractivity contribution < 1.29 is 4.79 Å². The molecule has 1 unspecified atom stereocenters. The Morgan fingerprint density at radius 2 is 1.93 bits per heavy atom. The first kappa shape index (κ1) is 22.0. The molecule has 1 aliphatic heterocycles. The highest BCUT2D eigenvalue weighted by Crippen LogP contribution is 2.22. The van der Waals surface area contributed by atoms with Gasteiger partial charge < -0.3 is 15.2 Å². The minimum atomic E-state index is 0. The van der Waals surface area contributed by atoms with Crippen LogP contribution in [-0.2, 0) is 18.3 Å². The highest BCUT2D eigenvalue weighted by molar-refractivity contribution is 5.93. The van der Waals surface area contributed by atoms with Crippen LogP contribution in [0.25, 0.3) is 0 Å². The molecule has 6 nitrogen and oxygen atoms in total. The Kier molecular flexibility index (Phi) is 7.63. The number of carbonyl (C=O) groups excluding carboxylic acids is 1. The number of benzene rings is 2. The maximum absolute atomic E-state index is 12.9. The maximum atomic E-state index is 12.9. The van der Waals surface area contributed by atoms with Crippen LogP contribution in [0.15, 0.2) is 67.0 Å². The van der Waals surface area contributed by atoms with Crippen molar-refractivity contribution in [3.05, 3.63) is 83.9 Å². The van der Waals surface area contributed by atoms with Crippen LogP contribution in [0.2, 0.25) is 0 Å². The lowest BCUT2D eigenvalue weighted by Gasteiger charge is -2.35. The molecule has 30 heavy (non-hydrogen) atoms. The Morgan fingerprint density at radius 3 is 2.70 bits per heavy atom. The van der Waals surface area contributed by atoms with Crippen LogP contribution < -0.4 is 10.6 Å². The van der Waals surface area contributed by atoms with E-state index >= 15 is 0 Å². The Morgan fingerprint density at radius 1 is 1.17 bits per heavy atom. The molecular weight excluding hydrogens is 398 g/mol. The van der Waals surface area contributed by atoms with E-state index in [2.05, 4.69) is 38.7 Å². The van der Waals surface area contributed by atoms with Crippen molar-refractivity contribution in [2.24, 2.45) is 7.05 Å². The molecule has 7 heteroatoms. The van der Waals surface area contributed by atoms with Crippen molar-refractivity contribution in [3.63, 3.8) is 0 Å². The number of hydrogen-bond donors (Lipinski definition) is 2. The van der Waals surface area contributed by atoms with Crippen LogP contribution in [0.3, 0.4) is 0 Å². The van der Waals surface area contributed by atoms with E-state index in [1.807, 2.05) is 60.4 Å². The fourth-order valence-corrected chi connectivity index (χ4v) is 3.87. The quantitative estimate of drug-likeness (QED) is 0.637. The first-order valence-corrected chi connectivity index (χ1v) is 10.0. The number of aromatic nitrogens is 2. The molecule has 3 aromatic rings. The zero-order valence-electron chi connectivity index (χ0n) is 17.1. The molecule has 0 bridgehead atoms. The monoisotopic (exact) mass is 425 g/mol. The summed E-state index contributed by atoms with van der Waals surface area (Å²) in [6.07, 6.45) is 4.55. The average Bonchev–Trinajstić information content (AvgIpc) is 3.16. The molecule has 2 N–H and O–H groups in total. The molecule has 0 radical (unpaired) electrons. The van der Waals surface area contributed by atoms with Crippen LogP contribution in [0.1, 0.15) is 23.0 Å². The van der Waals surface area contributed by atoms with Gasteiger partial charge in [0.05, 0.1) is 12.6 Å². The minimum absolute atomic E-state index is 0. The van der Waals surface area contributed by atoms with E-state index in [-0.39, 0.29) is 24.4 Å². The van der Waals surface area contributed by atoms with Crippen molar-refractivity contribution in [3.8, 4) is 0 Å². The lowest BCUT2D eigenvalue weighted by Crippen LogP contribution is -2.49. The molecule has 0 aliphatic carbocycles. The summed E-state index contributed by atoms with van der Waals surface area (Å²) in [7, 11) is 2.00. The molecule has 1 saturated heterocycles. The Balaban J connectivity index is 0.00000256. The van der Waals surface area contributed by atoms with Gasteiger partial charge in [-0.2, -0.15) is 0 Å². The zero-order chi connectivity index (χ0) is 20.1. The smallest absolute Gasteiger partial charge is 0.238 e. The van der Waals surface area contributed by atoms with Crippen molar-refractivity contribution in [2.45, 2.75) is 12.5 Å². The minimum Gasteiger partial charge on any atom is -0.337 e. The van der Waals surface area contributed by atoms with Gasteiger partial charge in [-0.25, -0.2) is 4.98 Å². The van der Waals surface area contributed by atoms with Gasteiger partial charge in [-0.1, -0.05) is 48.5 Å².